The fraction of sp³-hybridized carbons (Fsp3) is 0.200. The number of ether oxygens (including phenoxy) is 1. The summed E-state index contributed by atoms with van der Waals surface area (Å²) in [7, 11) is 0. The fourth-order valence-electron chi connectivity index (χ4n) is 0.777. The summed E-state index contributed by atoms with van der Waals surface area (Å²) >= 11 is 0. The van der Waals surface area contributed by atoms with Crippen molar-refractivity contribution >= 4 is 0 Å². The second kappa shape index (κ2) is 4.57. The second-order valence-electron chi connectivity index (χ2n) is 2.52. The number of nitrogens with two attached hydrogens (primary N) is 1. The minimum Gasteiger partial charge on any atom is -0.492 e. The van der Waals surface area contributed by atoms with Crippen LogP contribution in [0.5, 0.6) is 5.75 Å². The lowest BCUT2D eigenvalue weighted by molar-refractivity contribution is 0.306. The van der Waals surface area contributed by atoms with Crippen molar-refractivity contribution in [1.29, 1.82) is 0 Å². The Balaban J connectivity index is 2.38. The smallest absolute Gasteiger partial charge is 0.119 e. The first-order valence-electron chi connectivity index (χ1n) is 3.89. The van der Waals surface area contributed by atoms with Crippen molar-refractivity contribution in [2.75, 3.05) is 6.61 Å². The van der Waals surface area contributed by atoms with Crippen LogP contribution >= 0.6 is 0 Å². The van der Waals surface area contributed by atoms with Gasteiger partial charge in [0.2, 0.25) is 0 Å². The van der Waals surface area contributed by atoms with Gasteiger partial charge in [-0.2, -0.15) is 0 Å². The average molecular weight is 163 g/mol. The van der Waals surface area contributed by atoms with Gasteiger partial charge in [-0.1, -0.05) is 24.3 Å². The minimum atomic E-state index is -0.0924. The molecule has 2 heteroatoms. The predicted molar refractivity (Wildman–Crippen MR) is 50.1 cm³/mol. The quantitative estimate of drug-likeness (QED) is 0.684. The summed E-state index contributed by atoms with van der Waals surface area (Å²) in [6.45, 7) is 4.05. The summed E-state index contributed by atoms with van der Waals surface area (Å²) in [5, 5.41) is 0. The predicted octanol–water partition coefficient (Wildman–Crippen LogP) is 1.58. The fourth-order valence-corrected chi connectivity index (χ4v) is 0.777. The maximum atomic E-state index is 5.58. The van der Waals surface area contributed by atoms with Crippen LogP contribution in [0.1, 0.15) is 0 Å². The molecule has 0 spiro atoms. The minimum absolute atomic E-state index is 0.0924. The molecule has 12 heavy (non-hydrogen) atoms. The average Bonchev–Trinajstić information content (AvgIpc) is 2.16. The molecule has 64 valence electrons. The van der Waals surface area contributed by atoms with E-state index in [1.54, 1.807) is 6.08 Å². The molecular weight excluding hydrogens is 150 g/mol. The van der Waals surface area contributed by atoms with Crippen molar-refractivity contribution in [3.63, 3.8) is 0 Å². The summed E-state index contributed by atoms with van der Waals surface area (Å²) < 4.78 is 5.36. The third kappa shape index (κ3) is 2.76. The highest BCUT2D eigenvalue weighted by Crippen LogP contribution is 2.07. The van der Waals surface area contributed by atoms with E-state index in [0.717, 1.165) is 5.75 Å². The van der Waals surface area contributed by atoms with Gasteiger partial charge in [0.1, 0.15) is 12.4 Å². The van der Waals surface area contributed by atoms with E-state index in [9.17, 15) is 0 Å². The Kier molecular flexibility index (Phi) is 3.35. The first-order chi connectivity index (χ1) is 5.83. The van der Waals surface area contributed by atoms with Crippen LogP contribution in [0.2, 0.25) is 0 Å². The van der Waals surface area contributed by atoms with Crippen molar-refractivity contribution in [3.05, 3.63) is 43.0 Å². The molecule has 0 aliphatic carbocycles. The molecular formula is C10H13NO. The van der Waals surface area contributed by atoms with Crippen LogP contribution in [-0.2, 0) is 0 Å². The molecule has 1 rings (SSSR count). The second-order valence-corrected chi connectivity index (χ2v) is 2.52. The lowest BCUT2D eigenvalue weighted by Gasteiger charge is -2.08. The highest BCUT2D eigenvalue weighted by molar-refractivity contribution is 5.21. The summed E-state index contributed by atoms with van der Waals surface area (Å²) in [6.07, 6.45) is 1.67. The Morgan fingerprint density at radius 2 is 2.08 bits per heavy atom. The molecule has 0 aliphatic rings. The normalized spacial score (nSPS) is 12.1. The van der Waals surface area contributed by atoms with Gasteiger partial charge in [0.25, 0.3) is 0 Å². The Hall–Kier alpha value is -1.28. The molecule has 1 atom stereocenters. The van der Waals surface area contributed by atoms with E-state index in [1.165, 1.54) is 0 Å². The van der Waals surface area contributed by atoms with E-state index >= 15 is 0 Å². The SMILES string of the molecule is C=CC(N)COc1ccccc1. The maximum Gasteiger partial charge on any atom is 0.119 e. The third-order valence-electron chi connectivity index (χ3n) is 1.49. The number of benzene rings is 1. The van der Waals surface area contributed by atoms with Crippen LogP contribution in [-0.4, -0.2) is 12.6 Å². The van der Waals surface area contributed by atoms with Gasteiger partial charge in [0, 0.05) is 0 Å². The molecule has 0 amide bonds. The van der Waals surface area contributed by atoms with Crippen molar-refractivity contribution in [1.82, 2.24) is 0 Å². The van der Waals surface area contributed by atoms with Crippen LogP contribution in [0, 0.1) is 0 Å². The monoisotopic (exact) mass is 163 g/mol. The van der Waals surface area contributed by atoms with Gasteiger partial charge in [-0.15, -0.1) is 6.58 Å². The lowest BCUT2D eigenvalue weighted by atomic mass is 10.3. The first-order valence-corrected chi connectivity index (χ1v) is 3.89. The Labute approximate surface area is 72.7 Å². The van der Waals surface area contributed by atoms with Gasteiger partial charge >= 0.3 is 0 Å². The van der Waals surface area contributed by atoms with E-state index in [0.29, 0.717) is 6.61 Å². The Morgan fingerprint density at radius 1 is 1.42 bits per heavy atom. The third-order valence-corrected chi connectivity index (χ3v) is 1.49. The highest BCUT2D eigenvalue weighted by atomic mass is 16.5. The zero-order valence-corrected chi connectivity index (χ0v) is 6.94. The molecule has 0 saturated carbocycles. The Bertz CT molecular complexity index is 233. The van der Waals surface area contributed by atoms with Crippen molar-refractivity contribution in [2.24, 2.45) is 5.73 Å². The van der Waals surface area contributed by atoms with E-state index in [1.807, 2.05) is 30.3 Å². The van der Waals surface area contributed by atoms with Crippen molar-refractivity contribution in [3.8, 4) is 5.75 Å². The van der Waals surface area contributed by atoms with Crippen LogP contribution in [0.3, 0.4) is 0 Å². The molecule has 0 aromatic heterocycles. The van der Waals surface area contributed by atoms with E-state index in [2.05, 4.69) is 6.58 Å². The van der Waals surface area contributed by atoms with Crippen LogP contribution in [0.15, 0.2) is 43.0 Å². The van der Waals surface area contributed by atoms with Gasteiger partial charge in [-0.05, 0) is 12.1 Å². The van der Waals surface area contributed by atoms with Gasteiger partial charge in [-0.25, -0.2) is 0 Å². The zero-order valence-electron chi connectivity index (χ0n) is 6.94. The zero-order chi connectivity index (χ0) is 8.81. The summed E-state index contributed by atoms with van der Waals surface area (Å²) in [4.78, 5) is 0. The standard InChI is InChI=1S/C10H13NO/c1-2-9(11)8-12-10-6-4-3-5-7-10/h2-7,9H,1,8,11H2. The van der Waals surface area contributed by atoms with Crippen LogP contribution in [0.25, 0.3) is 0 Å². The topological polar surface area (TPSA) is 35.2 Å². The van der Waals surface area contributed by atoms with Crippen molar-refractivity contribution in [2.45, 2.75) is 6.04 Å². The molecule has 0 heterocycles. The number of rotatable bonds is 4. The molecule has 0 aliphatic heterocycles. The molecule has 0 saturated heterocycles. The number of hydrogen-bond donors (Lipinski definition) is 1. The number of hydrogen-bond acceptors (Lipinski definition) is 2. The van der Waals surface area contributed by atoms with Crippen LogP contribution in [0.4, 0.5) is 0 Å². The van der Waals surface area contributed by atoms with Gasteiger partial charge in [0.15, 0.2) is 0 Å². The van der Waals surface area contributed by atoms with Crippen molar-refractivity contribution < 1.29 is 4.74 Å². The van der Waals surface area contributed by atoms with E-state index in [-0.39, 0.29) is 6.04 Å². The molecule has 0 bridgehead atoms. The highest BCUT2D eigenvalue weighted by Gasteiger charge is 1.96. The molecule has 0 radical (unpaired) electrons. The molecule has 2 nitrogen and oxygen atoms in total. The summed E-state index contributed by atoms with van der Waals surface area (Å²) in [5.74, 6) is 0.842. The van der Waals surface area contributed by atoms with Gasteiger partial charge in [-0.3, -0.25) is 0 Å². The van der Waals surface area contributed by atoms with Gasteiger partial charge < -0.3 is 10.5 Å². The summed E-state index contributed by atoms with van der Waals surface area (Å²) in [5.41, 5.74) is 5.58. The molecule has 2 N–H and O–H groups in total. The summed E-state index contributed by atoms with van der Waals surface area (Å²) in [6, 6.07) is 9.50. The van der Waals surface area contributed by atoms with E-state index < -0.39 is 0 Å². The maximum absolute atomic E-state index is 5.58. The molecule has 1 aromatic rings. The largest absolute Gasteiger partial charge is 0.492 e. The molecule has 0 fully saturated rings. The first kappa shape index (κ1) is 8.81. The Morgan fingerprint density at radius 3 is 2.67 bits per heavy atom. The van der Waals surface area contributed by atoms with Gasteiger partial charge in [0.05, 0.1) is 6.04 Å². The number of para-hydroxylation sites is 1. The lowest BCUT2D eigenvalue weighted by Crippen LogP contribution is -2.24. The molecule has 1 unspecified atom stereocenters. The van der Waals surface area contributed by atoms with Crippen LogP contribution < -0.4 is 10.5 Å². The molecule has 1 aromatic carbocycles. The van der Waals surface area contributed by atoms with E-state index in [4.69, 9.17) is 10.5 Å².